The van der Waals surface area contributed by atoms with Gasteiger partial charge in [-0.2, -0.15) is 0 Å². The van der Waals surface area contributed by atoms with Crippen LogP contribution in [0.5, 0.6) is 5.75 Å². The Hall–Kier alpha value is -3.06. The first-order valence-corrected chi connectivity index (χ1v) is 13.6. The van der Waals surface area contributed by atoms with Gasteiger partial charge in [0.1, 0.15) is 12.3 Å². The van der Waals surface area contributed by atoms with Gasteiger partial charge in [0.05, 0.1) is 12.6 Å². The fourth-order valence-corrected chi connectivity index (χ4v) is 6.69. The molecular formula is C30H40N4O3. The first-order valence-electron chi connectivity index (χ1n) is 13.6. The Kier molecular flexibility index (Phi) is 7.17. The van der Waals surface area contributed by atoms with E-state index in [4.69, 9.17) is 4.74 Å². The lowest BCUT2D eigenvalue weighted by Gasteiger charge is -2.51. The fourth-order valence-electron chi connectivity index (χ4n) is 6.69. The van der Waals surface area contributed by atoms with Gasteiger partial charge < -0.3 is 19.4 Å². The molecule has 1 aliphatic carbocycles. The minimum Gasteiger partial charge on any atom is -0.497 e. The van der Waals surface area contributed by atoms with E-state index in [1.807, 2.05) is 39.0 Å². The third kappa shape index (κ3) is 4.81. The van der Waals surface area contributed by atoms with E-state index < -0.39 is 0 Å². The summed E-state index contributed by atoms with van der Waals surface area (Å²) in [6.45, 7) is 2.99. The van der Waals surface area contributed by atoms with E-state index in [1.54, 1.807) is 7.11 Å². The lowest BCUT2D eigenvalue weighted by Crippen LogP contribution is -2.57. The van der Waals surface area contributed by atoms with Gasteiger partial charge in [-0.05, 0) is 75.9 Å². The predicted octanol–water partition coefficient (Wildman–Crippen LogP) is 4.33. The summed E-state index contributed by atoms with van der Waals surface area (Å²) >= 11 is 0. The summed E-state index contributed by atoms with van der Waals surface area (Å²) in [6, 6.07) is 18.6. The van der Waals surface area contributed by atoms with Crippen molar-refractivity contribution in [3.8, 4) is 5.75 Å². The summed E-state index contributed by atoms with van der Waals surface area (Å²) in [5, 5.41) is 0. The average molecular weight is 505 g/mol. The number of ether oxygens (including phenoxy) is 1. The van der Waals surface area contributed by atoms with E-state index in [2.05, 4.69) is 49.3 Å². The fraction of sp³-hybridized carbons (Fsp3) is 0.533. The molecule has 7 nitrogen and oxygen atoms in total. The lowest BCUT2D eigenvalue weighted by atomic mass is 9.68. The molecule has 3 aliphatic rings. The first kappa shape index (κ1) is 25.6. The molecule has 0 N–H and O–H groups in total. The van der Waals surface area contributed by atoms with Crippen molar-refractivity contribution in [1.82, 2.24) is 19.6 Å². The molecule has 0 unspecified atom stereocenters. The SMILES string of the molecule is COc1ccc(CN2C[C@]3(CC[C@](c4ccccc4)(N(C)C)CC3)N(CC(=O)N3CCCC3)C2=O)cc1. The molecule has 198 valence electrons. The minimum atomic E-state index is -0.326. The van der Waals surface area contributed by atoms with Gasteiger partial charge in [-0.15, -0.1) is 0 Å². The van der Waals surface area contributed by atoms with Gasteiger partial charge in [-0.25, -0.2) is 4.79 Å². The third-order valence-corrected chi connectivity index (χ3v) is 9.02. The molecule has 2 aromatic carbocycles. The quantitative estimate of drug-likeness (QED) is 0.564. The molecule has 3 amide bonds. The maximum absolute atomic E-state index is 13.9. The second-order valence-corrected chi connectivity index (χ2v) is 11.2. The highest BCUT2D eigenvalue weighted by Crippen LogP contribution is 2.49. The molecule has 7 heteroatoms. The van der Waals surface area contributed by atoms with Crippen LogP contribution >= 0.6 is 0 Å². The zero-order valence-corrected chi connectivity index (χ0v) is 22.5. The zero-order chi connectivity index (χ0) is 26.0. The second kappa shape index (κ2) is 10.4. The summed E-state index contributed by atoms with van der Waals surface area (Å²) in [4.78, 5) is 35.3. The standard InChI is InChI=1S/C30H40N4O3/c1-31(2)30(25-9-5-4-6-10-25)17-15-29(16-18-30)23-33(21-24-11-13-26(37-3)14-12-24)28(36)34(29)22-27(35)32-19-7-8-20-32/h4-6,9-14H,7-8,15-23H2,1-3H3/t29-,30+. The minimum absolute atomic E-state index is 0.0135. The molecule has 5 rings (SSSR count). The number of hydrogen-bond acceptors (Lipinski definition) is 4. The van der Waals surface area contributed by atoms with Crippen molar-refractivity contribution in [2.24, 2.45) is 0 Å². The van der Waals surface area contributed by atoms with Gasteiger partial charge in [-0.3, -0.25) is 9.69 Å². The van der Waals surface area contributed by atoms with Crippen molar-refractivity contribution in [3.63, 3.8) is 0 Å². The van der Waals surface area contributed by atoms with Crippen molar-refractivity contribution in [2.75, 3.05) is 47.4 Å². The van der Waals surface area contributed by atoms with Crippen LogP contribution in [0, 0.1) is 0 Å². The number of carbonyl (C=O) groups is 2. The van der Waals surface area contributed by atoms with Crippen LogP contribution in [0.25, 0.3) is 0 Å². The number of amides is 3. The molecule has 37 heavy (non-hydrogen) atoms. The maximum atomic E-state index is 13.9. The molecule has 2 heterocycles. The predicted molar refractivity (Wildman–Crippen MR) is 144 cm³/mol. The first-order chi connectivity index (χ1) is 17.9. The summed E-state index contributed by atoms with van der Waals surface area (Å²) in [5.74, 6) is 0.892. The molecule has 2 aliphatic heterocycles. The topological polar surface area (TPSA) is 56.3 Å². The van der Waals surface area contributed by atoms with E-state index in [9.17, 15) is 9.59 Å². The largest absolute Gasteiger partial charge is 0.497 e. The lowest BCUT2D eigenvalue weighted by molar-refractivity contribution is -0.132. The molecular weight excluding hydrogens is 464 g/mol. The molecule has 0 atom stereocenters. The Morgan fingerprint density at radius 3 is 2.19 bits per heavy atom. The Morgan fingerprint density at radius 2 is 1.59 bits per heavy atom. The van der Waals surface area contributed by atoms with Crippen molar-refractivity contribution >= 4 is 11.9 Å². The molecule has 1 spiro atoms. The van der Waals surface area contributed by atoms with Crippen molar-refractivity contribution in [3.05, 3.63) is 65.7 Å². The highest BCUT2D eigenvalue weighted by atomic mass is 16.5. The van der Waals surface area contributed by atoms with Crippen LogP contribution in [0.1, 0.15) is 49.7 Å². The van der Waals surface area contributed by atoms with Crippen molar-refractivity contribution < 1.29 is 14.3 Å². The Morgan fingerprint density at radius 1 is 0.946 bits per heavy atom. The van der Waals surface area contributed by atoms with Gasteiger partial charge in [0.2, 0.25) is 5.91 Å². The molecule has 2 aromatic rings. The molecule has 3 fully saturated rings. The van der Waals surface area contributed by atoms with Crippen molar-refractivity contribution in [1.29, 1.82) is 0 Å². The van der Waals surface area contributed by atoms with Crippen LogP contribution in [0.3, 0.4) is 0 Å². The van der Waals surface area contributed by atoms with Gasteiger partial charge >= 0.3 is 6.03 Å². The van der Waals surface area contributed by atoms with Crippen LogP contribution in [0.4, 0.5) is 4.79 Å². The van der Waals surface area contributed by atoms with E-state index in [1.165, 1.54) is 5.56 Å². The van der Waals surface area contributed by atoms with Crippen LogP contribution in [-0.4, -0.2) is 84.5 Å². The molecule has 0 bridgehead atoms. The number of methoxy groups -OCH3 is 1. The zero-order valence-electron chi connectivity index (χ0n) is 22.5. The maximum Gasteiger partial charge on any atom is 0.321 e. The van der Waals surface area contributed by atoms with Gasteiger partial charge in [0.25, 0.3) is 0 Å². The number of benzene rings is 2. The molecule has 1 saturated carbocycles. The highest BCUT2D eigenvalue weighted by molar-refractivity contribution is 5.86. The molecule has 0 radical (unpaired) electrons. The van der Waals surface area contributed by atoms with Gasteiger partial charge in [0, 0.05) is 31.7 Å². The Labute approximate surface area is 221 Å². The van der Waals surface area contributed by atoms with E-state index >= 15 is 0 Å². The van der Waals surface area contributed by atoms with E-state index in [-0.39, 0.29) is 29.6 Å². The summed E-state index contributed by atoms with van der Waals surface area (Å²) in [5.41, 5.74) is 2.00. The average Bonchev–Trinajstić information content (AvgIpc) is 3.54. The molecule has 2 saturated heterocycles. The summed E-state index contributed by atoms with van der Waals surface area (Å²) < 4.78 is 5.30. The summed E-state index contributed by atoms with van der Waals surface area (Å²) in [6.07, 6.45) is 5.74. The number of hydrogen-bond donors (Lipinski definition) is 0. The van der Waals surface area contributed by atoms with Crippen LogP contribution in [-0.2, 0) is 16.9 Å². The number of urea groups is 1. The van der Waals surface area contributed by atoms with E-state index in [0.29, 0.717) is 13.1 Å². The highest BCUT2D eigenvalue weighted by Gasteiger charge is 2.55. The van der Waals surface area contributed by atoms with Crippen LogP contribution in [0.15, 0.2) is 54.6 Å². The van der Waals surface area contributed by atoms with Crippen LogP contribution in [0.2, 0.25) is 0 Å². The normalized spacial score (nSPS) is 25.9. The monoisotopic (exact) mass is 504 g/mol. The van der Waals surface area contributed by atoms with Gasteiger partial charge in [-0.1, -0.05) is 42.5 Å². The summed E-state index contributed by atoms with van der Waals surface area (Å²) in [7, 11) is 5.98. The van der Waals surface area contributed by atoms with E-state index in [0.717, 1.165) is 62.9 Å². The van der Waals surface area contributed by atoms with Crippen LogP contribution < -0.4 is 4.74 Å². The Balaban J connectivity index is 1.40. The smallest absolute Gasteiger partial charge is 0.321 e. The second-order valence-electron chi connectivity index (χ2n) is 11.2. The van der Waals surface area contributed by atoms with Gasteiger partial charge in [0.15, 0.2) is 0 Å². The number of likely N-dealkylation sites (tertiary alicyclic amines) is 1. The number of nitrogens with zero attached hydrogens (tertiary/aromatic N) is 4. The number of rotatable bonds is 7. The van der Waals surface area contributed by atoms with Crippen molar-refractivity contribution in [2.45, 2.75) is 56.1 Å². The molecule has 0 aromatic heterocycles. The Bertz CT molecular complexity index is 1090. The number of carbonyl (C=O) groups excluding carboxylic acids is 2. The third-order valence-electron chi connectivity index (χ3n) is 9.02.